The molecule has 2 atom stereocenters. The van der Waals surface area contributed by atoms with Crippen molar-refractivity contribution >= 4 is 11.9 Å². The van der Waals surface area contributed by atoms with Crippen LogP contribution in [0.15, 0.2) is 0 Å². The van der Waals surface area contributed by atoms with E-state index in [0.29, 0.717) is 0 Å². The van der Waals surface area contributed by atoms with Gasteiger partial charge >= 0.3 is 11.9 Å². The van der Waals surface area contributed by atoms with Crippen molar-refractivity contribution in [1.82, 2.24) is 0 Å². The topological polar surface area (TPSA) is 101 Å². The van der Waals surface area contributed by atoms with Gasteiger partial charge in [-0.3, -0.25) is 9.59 Å². The first-order valence-electron chi connectivity index (χ1n) is 9.38. The Morgan fingerprint density at radius 2 is 1.37 bits per heavy atom. The predicted octanol–water partition coefficient (Wildman–Crippen LogP) is 2.63. The van der Waals surface area contributed by atoms with Crippen LogP contribution in [0.4, 0.5) is 0 Å². The van der Waals surface area contributed by atoms with Crippen LogP contribution in [-0.4, -0.2) is 68.1 Å². The number of aliphatic carboxylic acids is 1. The van der Waals surface area contributed by atoms with Crippen LogP contribution in [0.25, 0.3) is 0 Å². The van der Waals surface area contributed by atoms with E-state index in [-0.39, 0.29) is 32.8 Å². The largest absolute Gasteiger partial charge is 0.481 e. The average molecular weight is 392 g/mol. The fourth-order valence-corrected chi connectivity index (χ4v) is 3.36. The molecule has 27 heavy (non-hydrogen) atoms. The van der Waals surface area contributed by atoms with Gasteiger partial charge in [0.05, 0.1) is 18.9 Å². The molecule has 0 aliphatic rings. The van der Waals surface area contributed by atoms with E-state index >= 15 is 0 Å². The van der Waals surface area contributed by atoms with Crippen LogP contribution in [0, 0.1) is 5.41 Å². The zero-order valence-electron chi connectivity index (χ0n) is 17.9. The van der Waals surface area contributed by atoms with Crippen LogP contribution in [0.1, 0.15) is 54.9 Å². The van der Waals surface area contributed by atoms with E-state index in [0.717, 1.165) is 0 Å². The van der Waals surface area contributed by atoms with Crippen LogP contribution >= 0.6 is 0 Å². The average Bonchev–Trinajstić information content (AvgIpc) is 2.59. The molecule has 0 aromatic rings. The SMILES string of the molecule is CCOC(CC(=O)O)C(OCC)(OCC)C(C)(OCC)C(C)(C)C(=O)OC. The summed E-state index contributed by atoms with van der Waals surface area (Å²) in [6.45, 7) is 12.9. The Labute approximate surface area is 162 Å². The smallest absolute Gasteiger partial charge is 0.314 e. The van der Waals surface area contributed by atoms with E-state index in [1.54, 1.807) is 48.5 Å². The van der Waals surface area contributed by atoms with Crippen LogP contribution in [-0.2, 0) is 33.3 Å². The molecule has 160 valence electrons. The van der Waals surface area contributed by atoms with Crippen LogP contribution < -0.4 is 0 Å². The molecule has 0 aliphatic carbocycles. The summed E-state index contributed by atoms with van der Waals surface area (Å²) < 4.78 is 28.9. The second-order valence-corrected chi connectivity index (χ2v) is 6.66. The first-order valence-corrected chi connectivity index (χ1v) is 9.38. The van der Waals surface area contributed by atoms with Gasteiger partial charge in [0.25, 0.3) is 0 Å². The third-order valence-electron chi connectivity index (χ3n) is 4.86. The van der Waals surface area contributed by atoms with Crippen molar-refractivity contribution in [2.45, 2.75) is 72.4 Å². The summed E-state index contributed by atoms with van der Waals surface area (Å²) in [6, 6.07) is 0. The zero-order chi connectivity index (χ0) is 21.3. The van der Waals surface area contributed by atoms with Gasteiger partial charge in [0.1, 0.15) is 11.7 Å². The lowest BCUT2D eigenvalue weighted by atomic mass is 9.68. The lowest BCUT2D eigenvalue weighted by Crippen LogP contribution is -2.72. The second kappa shape index (κ2) is 10.9. The van der Waals surface area contributed by atoms with Crippen molar-refractivity contribution in [2.24, 2.45) is 5.41 Å². The number of hydrogen-bond donors (Lipinski definition) is 1. The summed E-state index contributed by atoms with van der Waals surface area (Å²) in [5, 5.41) is 9.44. The van der Waals surface area contributed by atoms with Crippen molar-refractivity contribution in [3.05, 3.63) is 0 Å². The van der Waals surface area contributed by atoms with E-state index in [1.807, 2.05) is 0 Å². The Hall–Kier alpha value is -1.22. The molecule has 0 spiro atoms. The third kappa shape index (κ3) is 5.19. The number of rotatable bonds is 14. The normalized spacial score (nSPS) is 15.9. The lowest BCUT2D eigenvalue weighted by Gasteiger charge is -2.55. The molecular formula is C19H36O8. The Bertz CT molecular complexity index is 470. The van der Waals surface area contributed by atoms with E-state index in [4.69, 9.17) is 23.7 Å². The molecule has 0 saturated heterocycles. The second-order valence-electron chi connectivity index (χ2n) is 6.66. The minimum absolute atomic E-state index is 0.198. The maximum absolute atomic E-state index is 12.6. The molecule has 0 aromatic carbocycles. The summed E-state index contributed by atoms with van der Waals surface area (Å²) in [4.78, 5) is 24.2. The standard InChI is InChI=1S/C19H36O8/c1-9-24-14(13-15(20)21)19(26-11-3,27-12-4)18(7,25-10-2)17(5,6)16(22)23-8/h14H,9-13H2,1-8H3,(H,20,21). The van der Waals surface area contributed by atoms with E-state index < -0.39 is 34.8 Å². The summed E-state index contributed by atoms with van der Waals surface area (Å²) in [5.74, 6) is -3.27. The van der Waals surface area contributed by atoms with Crippen LogP contribution in [0.2, 0.25) is 0 Å². The molecule has 2 unspecified atom stereocenters. The van der Waals surface area contributed by atoms with E-state index in [2.05, 4.69) is 0 Å². The maximum atomic E-state index is 12.6. The minimum Gasteiger partial charge on any atom is -0.481 e. The summed E-state index contributed by atoms with van der Waals surface area (Å²) >= 11 is 0. The van der Waals surface area contributed by atoms with Gasteiger partial charge in [0.2, 0.25) is 5.79 Å². The van der Waals surface area contributed by atoms with Gasteiger partial charge in [-0.15, -0.1) is 0 Å². The van der Waals surface area contributed by atoms with Crippen LogP contribution in [0.3, 0.4) is 0 Å². The van der Waals surface area contributed by atoms with Gasteiger partial charge in [-0.1, -0.05) is 0 Å². The molecule has 0 aromatic heterocycles. The Morgan fingerprint density at radius 1 is 0.889 bits per heavy atom. The number of hydrogen-bond acceptors (Lipinski definition) is 7. The monoisotopic (exact) mass is 392 g/mol. The molecule has 0 bridgehead atoms. The van der Waals surface area contributed by atoms with E-state index in [9.17, 15) is 14.7 Å². The number of carboxylic acid groups (broad SMARTS) is 1. The molecular weight excluding hydrogens is 356 g/mol. The fourth-order valence-electron chi connectivity index (χ4n) is 3.36. The van der Waals surface area contributed by atoms with Gasteiger partial charge in [0, 0.05) is 26.4 Å². The first-order chi connectivity index (χ1) is 12.5. The van der Waals surface area contributed by atoms with Crippen LogP contribution in [0.5, 0.6) is 0 Å². The van der Waals surface area contributed by atoms with E-state index in [1.165, 1.54) is 7.11 Å². The number of carbonyl (C=O) groups excluding carboxylic acids is 1. The van der Waals surface area contributed by atoms with Gasteiger partial charge in [0.15, 0.2) is 0 Å². The highest BCUT2D eigenvalue weighted by Crippen LogP contribution is 2.48. The molecule has 8 heteroatoms. The zero-order valence-corrected chi connectivity index (χ0v) is 17.9. The van der Waals surface area contributed by atoms with Gasteiger partial charge in [-0.2, -0.15) is 0 Å². The highest BCUT2D eigenvalue weighted by Gasteiger charge is 2.66. The summed E-state index contributed by atoms with van der Waals surface area (Å²) in [5.41, 5.74) is -2.65. The van der Waals surface area contributed by atoms with Gasteiger partial charge < -0.3 is 28.8 Å². The summed E-state index contributed by atoms with van der Waals surface area (Å²) in [6.07, 6.45) is -1.39. The Morgan fingerprint density at radius 3 is 1.70 bits per heavy atom. The lowest BCUT2D eigenvalue weighted by molar-refractivity contribution is -0.381. The maximum Gasteiger partial charge on any atom is 0.314 e. The minimum atomic E-state index is -1.65. The molecule has 0 aliphatic heterocycles. The molecule has 8 nitrogen and oxygen atoms in total. The predicted molar refractivity (Wildman–Crippen MR) is 99.5 cm³/mol. The molecule has 0 amide bonds. The van der Waals surface area contributed by atoms with Crippen molar-refractivity contribution < 1.29 is 38.4 Å². The molecule has 0 radical (unpaired) electrons. The first kappa shape index (κ1) is 25.8. The number of ether oxygens (including phenoxy) is 5. The Balaban J connectivity index is 6.76. The van der Waals surface area contributed by atoms with Gasteiger partial charge in [-0.05, 0) is 48.5 Å². The highest BCUT2D eigenvalue weighted by atomic mass is 16.7. The molecule has 0 rings (SSSR count). The molecule has 0 saturated carbocycles. The molecule has 1 N–H and O–H groups in total. The van der Waals surface area contributed by atoms with Crippen molar-refractivity contribution in [2.75, 3.05) is 33.5 Å². The van der Waals surface area contributed by atoms with Crippen molar-refractivity contribution in [3.8, 4) is 0 Å². The fraction of sp³-hybridized carbons (Fsp3) is 0.895. The Kier molecular flexibility index (Phi) is 10.5. The number of carboxylic acids is 1. The number of methoxy groups -OCH3 is 1. The quantitative estimate of drug-likeness (QED) is 0.356. The van der Waals surface area contributed by atoms with Crippen molar-refractivity contribution in [3.63, 3.8) is 0 Å². The number of carbonyl (C=O) groups is 2. The molecule has 0 fully saturated rings. The summed E-state index contributed by atoms with van der Waals surface area (Å²) in [7, 11) is 1.29. The highest BCUT2D eigenvalue weighted by molar-refractivity contribution is 5.78. The van der Waals surface area contributed by atoms with Crippen molar-refractivity contribution in [1.29, 1.82) is 0 Å². The van der Waals surface area contributed by atoms with Gasteiger partial charge in [-0.25, -0.2) is 0 Å². The third-order valence-corrected chi connectivity index (χ3v) is 4.86. The number of esters is 1. The molecule has 0 heterocycles.